The molecule has 1 aromatic carbocycles. The van der Waals surface area contributed by atoms with Crippen molar-refractivity contribution < 1.29 is 9.53 Å². The van der Waals surface area contributed by atoms with Gasteiger partial charge >= 0.3 is 6.09 Å². The van der Waals surface area contributed by atoms with Gasteiger partial charge in [0.25, 0.3) is 0 Å². The van der Waals surface area contributed by atoms with Gasteiger partial charge in [0.1, 0.15) is 5.60 Å². The van der Waals surface area contributed by atoms with Gasteiger partial charge in [-0.3, -0.25) is 0 Å². The van der Waals surface area contributed by atoms with E-state index in [0.717, 1.165) is 5.69 Å². The molecule has 1 amide bonds. The molecule has 2 N–H and O–H groups in total. The van der Waals surface area contributed by atoms with Crippen LogP contribution in [0.4, 0.5) is 16.2 Å². The highest BCUT2D eigenvalue weighted by Crippen LogP contribution is 2.33. The van der Waals surface area contributed by atoms with E-state index in [1.165, 1.54) is 0 Å². The SMILES string of the molecule is CC(C)(C)OC(=O)N1CCN(c2cc(C#N)cc(N)c2Cl)CC1. The van der Waals surface area contributed by atoms with Gasteiger partial charge in [-0.05, 0) is 32.9 Å². The first-order valence-corrected chi connectivity index (χ1v) is 7.81. The Kier molecular flexibility index (Phi) is 4.90. The number of rotatable bonds is 1. The molecule has 0 aromatic heterocycles. The third kappa shape index (κ3) is 4.20. The second-order valence-corrected chi connectivity index (χ2v) is 6.84. The summed E-state index contributed by atoms with van der Waals surface area (Å²) in [6.07, 6.45) is -0.312. The van der Waals surface area contributed by atoms with Crippen LogP contribution in [0.15, 0.2) is 12.1 Å². The van der Waals surface area contributed by atoms with E-state index < -0.39 is 5.60 Å². The standard InChI is InChI=1S/C16H21ClN4O2/c1-16(2,3)23-15(22)21-6-4-20(5-7-21)13-9-11(10-18)8-12(19)14(13)17/h8-9H,4-7,19H2,1-3H3. The molecule has 124 valence electrons. The van der Waals surface area contributed by atoms with E-state index in [0.29, 0.717) is 42.5 Å². The maximum Gasteiger partial charge on any atom is 0.410 e. The molecule has 1 saturated heterocycles. The summed E-state index contributed by atoms with van der Waals surface area (Å²) in [7, 11) is 0. The maximum atomic E-state index is 12.1. The second-order valence-electron chi connectivity index (χ2n) is 6.46. The van der Waals surface area contributed by atoms with Crippen LogP contribution in [0, 0.1) is 11.3 Å². The third-order valence-corrected chi connectivity index (χ3v) is 3.89. The fraction of sp³-hybridized carbons (Fsp3) is 0.500. The summed E-state index contributed by atoms with van der Waals surface area (Å²) < 4.78 is 5.38. The monoisotopic (exact) mass is 336 g/mol. The summed E-state index contributed by atoms with van der Waals surface area (Å²) >= 11 is 6.26. The highest BCUT2D eigenvalue weighted by molar-refractivity contribution is 6.35. The van der Waals surface area contributed by atoms with Crippen LogP contribution in [-0.2, 0) is 4.74 Å². The molecule has 1 aliphatic heterocycles. The van der Waals surface area contributed by atoms with Crippen LogP contribution < -0.4 is 10.6 Å². The van der Waals surface area contributed by atoms with E-state index in [-0.39, 0.29) is 6.09 Å². The summed E-state index contributed by atoms with van der Waals surface area (Å²) in [4.78, 5) is 15.8. The fourth-order valence-electron chi connectivity index (χ4n) is 2.38. The smallest absolute Gasteiger partial charge is 0.410 e. The van der Waals surface area contributed by atoms with Crippen LogP contribution in [0.1, 0.15) is 26.3 Å². The van der Waals surface area contributed by atoms with Gasteiger partial charge in [-0.1, -0.05) is 11.6 Å². The van der Waals surface area contributed by atoms with Crippen LogP contribution in [0.3, 0.4) is 0 Å². The molecule has 23 heavy (non-hydrogen) atoms. The molecule has 0 unspecified atom stereocenters. The van der Waals surface area contributed by atoms with Gasteiger partial charge in [0.05, 0.1) is 28.0 Å². The van der Waals surface area contributed by atoms with Gasteiger partial charge in [0, 0.05) is 26.2 Å². The molecular weight excluding hydrogens is 316 g/mol. The number of anilines is 2. The molecule has 2 rings (SSSR count). The molecule has 0 atom stereocenters. The number of carbonyl (C=O) groups excluding carboxylic acids is 1. The quantitative estimate of drug-likeness (QED) is 0.797. The lowest BCUT2D eigenvalue weighted by Crippen LogP contribution is -2.50. The largest absolute Gasteiger partial charge is 0.444 e. The lowest BCUT2D eigenvalue weighted by molar-refractivity contribution is 0.0240. The van der Waals surface area contributed by atoms with E-state index in [9.17, 15) is 4.79 Å². The number of nitrogen functional groups attached to an aromatic ring is 1. The molecule has 1 aromatic rings. The van der Waals surface area contributed by atoms with Gasteiger partial charge < -0.3 is 20.3 Å². The number of nitriles is 1. The molecule has 0 radical (unpaired) electrons. The number of carbonyl (C=O) groups is 1. The molecule has 6 nitrogen and oxygen atoms in total. The van der Waals surface area contributed by atoms with Gasteiger partial charge in [-0.25, -0.2) is 4.79 Å². The summed E-state index contributed by atoms with van der Waals surface area (Å²) in [6.45, 7) is 7.80. The Hall–Kier alpha value is -2.13. The van der Waals surface area contributed by atoms with E-state index in [1.54, 1.807) is 17.0 Å². The van der Waals surface area contributed by atoms with Crippen molar-refractivity contribution in [2.24, 2.45) is 0 Å². The molecule has 1 heterocycles. The number of nitrogens with two attached hydrogens (primary N) is 1. The van der Waals surface area contributed by atoms with Crippen molar-refractivity contribution in [1.29, 1.82) is 5.26 Å². The van der Waals surface area contributed by atoms with Gasteiger partial charge in [0.15, 0.2) is 0 Å². The van der Waals surface area contributed by atoms with Crippen molar-refractivity contribution in [3.05, 3.63) is 22.7 Å². The number of benzene rings is 1. The fourth-order valence-corrected chi connectivity index (χ4v) is 2.61. The number of piperazine rings is 1. The summed E-state index contributed by atoms with van der Waals surface area (Å²) in [6, 6.07) is 5.36. The molecule has 0 spiro atoms. The Morgan fingerprint density at radius 1 is 1.30 bits per heavy atom. The molecule has 1 fully saturated rings. The number of hydrogen-bond acceptors (Lipinski definition) is 5. The summed E-state index contributed by atoms with van der Waals surface area (Å²) in [5.41, 5.74) is 6.93. The second kappa shape index (κ2) is 6.55. The highest BCUT2D eigenvalue weighted by atomic mass is 35.5. The average Bonchev–Trinajstić information content (AvgIpc) is 2.48. The summed E-state index contributed by atoms with van der Waals surface area (Å²) in [5, 5.41) is 9.50. The number of ether oxygens (including phenoxy) is 1. The van der Waals surface area contributed by atoms with Crippen molar-refractivity contribution in [1.82, 2.24) is 4.90 Å². The minimum Gasteiger partial charge on any atom is -0.444 e. The first-order chi connectivity index (χ1) is 10.7. The summed E-state index contributed by atoms with van der Waals surface area (Å²) in [5.74, 6) is 0. The maximum absolute atomic E-state index is 12.1. The van der Waals surface area contributed by atoms with Crippen molar-refractivity contribution >= 4 is 29.1 Å². The minimum absolute atomic E-state index is 0.312. The molecule has 0 aliphatic carbocycles. The van der Waals surface area contributed by atoms with Crippen LogP contribution in [0.5, 0.6) is 0 Å². The third-order valence-electron chi connectivity index (χ3n) is 3.48. The first-order valence-electron chi connectivity index (χ1n) is 7.43. The molecule has 7 heteroatoms. The van der Waals surface area contributed by atoms with Crippen LogP contribution >= 0.6 is 11.6 Å². The normalized spacial score (nSPS) is 15.3. The topological polar surface area (TPSA) is 82.6 Å². The van der Waals surface area contributed by atoms with Crippen LogP contribution in [0.2, 0.25) is 5.02 Å². The number of nitrogens with zero attached hydrogens (tertiary/aromatic N) is 3. The zero-order chi connectivity index (χ0) is 17.2. The van der Waals surface area contributed by atoms with E-state index in [4.69, 9.17) is 27.3 Å². The Morgan fingerprint density at radius 2 is 1.91 bits per heavy atom. The first kappa shape index (κ1) is 17.2. The zero-order valence-electron chi connectivity index (χ0n) is 13.6. The van der Waals surface area contributed by atoms with E-state index >= 15 is 0 Å². The number of amides is 1. The van der Waals surface area contributed by atoms with Crippen molar-refractivity contribution in [2.75, 3.05) is 36.8 Å². The average molecular weight is 337 g/mol. The zero-order valence-corrected chi connectivity index (χ0v) is 14.4. The van der Waals surface area contributed by atoms with Crippen LogP contribution in [0.25, 0.3) is 0 Å². The predicted molar refractivity (Wildman–Crippen MR) is 90.6 cm³/mol. The Morgan fingerprint density at radius 3 is 2.43 bits per heavy atom. The Bertz CT molecular complexity index is 641. The van der Waals surface area contributed by atoms with Crippen molar-refractivity contribution in [3.8, 4) is 6.07 Å². The highest BCUT2D eigenvalue weighted by Gasteiger charge is 2.27. The van der Waals surface area contributed by atoms with Gasteiger partial charge in [-0.2, -0.15) is 5.26 Å². The molecule has 0 saturated carbocycles. The minimum atomic E-state index is -0.507. The Labute approximate surface area is 141 Å². The van der Waals surface area contributed by atoms with E-state index in [1.807, 2.05) is 25.7 Å². The molecular formula is C16H21ClN4O2. The van der Waals surface area contributed by atoms with Crippen LogP contribution in [-0.4, -0.2) is 42.8 Å². The lowest BCUT2D eigenvalue weighted by atomic mass is 10.1. The molecule has 1 aliphatic rings. The van der Waals surface area contributed by atoms with Gasteiger partial charge in [-0.15, -0.1) is 0 Å². The number of halogens is 1. The Balaban J connectivity index is 2.07. The predicted octanol–water partition coefficient (Wildman–Crippen LogP) is 2.85. The van der Waals surface area contributed by atoms with Crippen molar-refractivity contribution in [3.63, 3.8) is 0 Å². The van der Waals surface area contributed by atoms with Gasteiger partial charge in [0.2, 0.25) is 0 Å². The number of hydrogen-bond donors (Lipinski definition) is 1. The van der Waals surface area contributed by atoms with Crippen molar-refractivity contribution in [2.45, 2.75) is 26.4 Å². The molecule has 0 bridgehead atoms. The lowest BCUT2D eigenvalue weighted by Gasteiger charge is -2.37. The van der Waals surface area contributed by atoms with E-state index in [2.05, 4.69) is 6.07 Å².